The highest BCUT2D eigenvalue weighted by Crippen LogP contribution is 2.27. The third-order valence-electron chi connectivity index (χ3n) is 5.47. The number of hydrogen-bond donors (Lipinski definition) is 1. The normalized spacial score (nSPS) is 11.0. The number of nitrogens with zero attached hydrogens (tertiary/aromatic N) is 3. The average molecular weight is 438 g/mol. The van der Waals surface area contributed by atoms with Crippen molar-refractivity contribution in [3.8, 4) is 22.4 Å². The Kier molecular flexibility index (Phi) is 5.48. The average Bonchev–Trinajstić information content (AvgIpc) is 2.82. The largest absolute Gasteiger partial charge is 0.365 e. The van der Waals surface area contributed by atoms with Gasteiger partial charge in [-0.05, 0) is 65.9 Å². The summed E-state index contributed by atoms with van der Waals surface area (Å²) >= 11 is 0. The van der Waals surface area contributed by atoms with Crippen LogP contribution in [0.3, 0.4) is 0 Å². The van der Waals surface area contributed by atoms with Crippen LogP contribution in [-0.2, 0) is 6.54 Å². The molecule has 2 aromatic carbocycles. The van der Waals surface area contributed by atoms with Crippen molar-refractivity contribution < 1.29 is 8.78 Å². The molecule has 3 heterocycles. The third-order valence-corrected chi connectivity index (χ3v) is 5.47. The molecule has 6 heteroatoms. The fourth-order valence-electron chi connectivity index (χ4n) is 3.82. The van der Waals surface area contributed by atoms with Crippen LogP contribution in [0.25, 0.3) is 33.2 Å². The van der Waals surface area contributed by atoms with E-state index < -0.39 is 0 Å². The number of hydrogen-bond acceptors (Lipinski definition) is 4. The zero-order chi connectivity index (χ0) is 22.8. The Hall–Kier alpha value is -4.19. The van der Waals surface area contributed by atoms with Crippen LogP contribution in [-0.4, -0.2) is 15.0 Å². The highest BCUT2D eigenvalue weighted by atomic mass is 19.1. The Balaban J connectivity index is 1.38. The number of halogens is 2. The first-order chi connectivity index (χ1) is 16.1. The minimum atomic E-state index is -0.302. The Bertz CT molecular complexity index is 1470. The number of rotatable bonds is 5. The number of pyridine rings is 3. The van der Waals surface area contributed by atoms with E-state index in [1.165, 1.54) is 18.2 Å². The van der Waals surface area contributed by atoms with Gasteiger partial charge in [-0.1, -0.05) is 24.3 Å². The van der Waals surface area contributed by atoms with E-state index in [2.05, 4.69) is 20.3 Å². The van der Waals surface area contributed by atoms with Gasteiger partial charge in [0.15, 0.2) is 0 Å². The fourth-order valence-corrected chi connectivity index (χ4v) is 3.82. The second kappa shape index (κ2) is 8.74. The van der Waals surface area contributed by atoms with Gasteiger partial charge in [-0.2, -0.15) is 0 Å². The lowest BCUT2D eigenvalue weighted by atomic mass is 10.0. The first-order valence-electron chi connectivity index (χ1n) is 10.5. The van der Waals surface area contributed by atoms with Crippen LogP contribution >= 0.6 is 0 Å². The first-order valence-corrected chi connectivity index (χ1v) is 10.5. The standard InChI is InChI=1S/C27H20F2N4/c1-17-11-19(7-9-30-17)23-6-5-18(12-25(23)29)15-33-27-24-16-32-26(14-20(24)8-10-31-27)21-3-2-4-22(28)13-21/h2-14,16H,15H2,1H3,(H,31,33). The molecular formula is C27H20F2N4. The van der Waals surface area contributed by atoms with Crippen molar-refractivity contribution >= 4 is 16.6 Å². The summed E-state index contributed by atoms with van der Waals surface area (Å²) in [6, 6.07) is 19.0. The molecule has 0 saturated heterocycles. The molecule has 0 unspecified atom stereocenters. The maximum atomic E-state index is 14.8. The van der Waals surface area contributed by atoms with E-state index in [4.69, 9.17) is 0 Å². The van der Waals surface area contributed by atoms with Gasteiger partial charge in [0.05, 0.1) is 5.69 Å². The van der Waals surface area contributed by atoms with Crippen molar-refractivity contribution in [1.29, 1.82) is 0 Å². The summed E-state index contributed by atoms with van der Waals surface area (Å²) in [5.74, 6) is 0.0658. The van der Waals surface area contributed by atoms with Gasteiger partial charge in [-0.3, -0.25) is 9.97 Å². The molecule has 0 aliphatic heterocycles. The Morgan fingerprint density at radius 3 is 2.52 bits per heavy atom. The number of nitrogens with one attached hydrogen (secondary N) is 1. The maximum absolute atomic E-state index is 14.8. The molecule has 162 valence electrons. The topological polar surface area (TPSA) is 50.7 Å². The zero-order valence-corrected chi connectivity index (χ0v) is 17.9. The van der Waals surface area contributed by atoms with Gasteiger partial charge < -0.3 is 5.32 Å². The van der Waals surface area contributed by atoms with E-state index in [0.29, 0.717) is 29.2 Å². The first kappa shape index (κ1) is 20.7. The van der Waals surface area contributed by atoms with E-state index in [-0.39, 0.29) is 11.6 Å². The Labute approximate surface area is 190 Å². The predicted molar refractivity (Wildman–Crippen MR) is 127 cm³/mol. The van der Waals surface area contributed by atoms with Crippen molar-refractivity contribution in [2.45, 2.75) is 13.5 Å². The van der Waals surface area contributed by atoms with E-state index in [0.717, 1.165) is 27.6 Å². The molecule has 5 aromatic rings. The minimum absolute atomic E-state index is 0.285. The van der Waals surface area contributed by atoms with Crippen LogP contribution in [0.1, 0.15) is 11.3 Å². The molecule has 0 atom stereocenters. The quantitative estimate of drug-likeness (QED) is 0.338. The molecule has 0 aliphatic rings. The van der Waals surface area contributed by atoms with Crippen molar-refractivity contribution in [3.05, 3.63) is 108 Å². The molecule has 0 saturated carbocycles. The molecule has 0 spiro atoms. The smallest absolute Gasteiger partial charge is 0.135 e. The van der Waals surface area contributed by atoms with Gasteiger partial charge in [-0.25, -0.2) is 13.8 Å². The van der Waals surface area contributed by atoms with Crippen LogP contribution in [0.5, 0.6) is 0 Å². The third kappa shape index (κ3) is 4.41. The second-order valence-corrected chi connectivity index (χ2v) is 7.81. The van der Waals surface area contributed by atoms with Crippen LogP contribution in [0.2, 0.25) is 0 Å². The van der Waals surface area contributed by atoms with Crippen LogP contribution < -0.4 is 5.32 Å². The van der Waals surface area contributed by atoms with Crippen molar-refractivity contribution in [2.75, 3.05) is 5.32 Å². The Morgan fingerprint density at radius 2 is 1.70 bits per heavy atom. The lowest BCUT2D eigenvalue weighted by Gasteiger charge is -2.11. The summed E-state index contributed by atoms with van der Waals surface area (Å²) in [4.78, 5) is 13.1. The minimum Gasteiger partial charge on any atom is -0.365 e. The lowest BCUT2D eigenvalue weighted by Crippen LogP contribution is -2.03. The summed E-state index contributed by atoms with van der Waals surface area (Å²) in [7, 11) is 0. The molecule has 4 nitrogen and oxygen atoms in total. The van der Waals surface area contributed by atoms with Crippen molar-refractivity contribution in [1.82, 2.24) is 15.0 Å². The van der Waals surface area contributed by atoms with Gasteiger partial charge in [0, 0.05) is 47.3 Å². The molecule has 0 bridgehead atoms. The second-order valence-electron chi connectivity index (χ2n) is 7.81. The van der Waals surface area contributed by atoms with Crippen molar-refractivity contribution in [3.63, 3.8) is 0 Å². The maximum Gasteiger partial charge on any atom is 0.135 e. The molecule has 0 aliphatic carbocycles. The lowest BCUT2D eigenvalue weighted by molar-refractivity contribution is 0.628. The monoisotopic (exact) mass is 438 g/mol. The van der Waals surface area contributed by atoms with Crippen LogP contribution in [0, 0.1) is 18.6 Å². The summed E-state index contributed by atoms with van der Waals surface area (Å²) in [5, 5.41) is 5.04. The molecule has 0 fully saturated rings. The molecular weight excluding hydrogens is 418 g/mol. The molecule has 0 radical (unpaired) electrons. The molecule has 3 aromatic heterocycles. The summed E-state index contributed by atoms with van der Waals surface area (Å²) in [6.07, 6.45) is 5.11. The summed E-state index contributed by atoms with van der Waals surface area (Å²) in [5.41, 5.74) is 4.38. The van der Waals surface area contributed by atoms with E-state index in [1.807, 2.05) is 37.3 Å². The van der Waals surface area contributed by atoms with Crippen LogP contribution in [0.4, 0.5) is 14.6 Å². The van der Waals surface area contributed by atoms with Gasteiger partial charge in [0.2, 0.25) is 0 Å². The number of aryl methyl sites for hydroxylation is 1. The van der Waals surface area contributed by atoms with Crippen LogP contribution in [0.15, 0.2) is 85.3 Å². The van der Waals surface area contributed by atoms with E-state index in [9.17, 15) is 8.78 Å². The Morgan fingerprint density at radius 1 is 0.818 bits per heavy atom. The SMILES string of the molecule is Cc1cc(-c2ccc(CNc3nccc4cc(-c5cccc(F)c5)ncc34)cc2F)ccn1. The van der Waals surface area contributed by atoms with Gasteiger partial charge in [-0.15, -0.1) is 0 Å². The molecule has 0 amide bonds. The number of benzene rings is 2. The van der Waals surface area contributed by atoms with E-state index >= 15 is 0 Å². The fraction of sp³-hybridized carbons (Fsp3) is 0.0741. The number of anilines is 1. The molecule has 33 heavy (non-hydrogen) atoms. The number of aromatic nitrogens is 3. The summed E-state index contributed by atoms with van der Waals surface area (Å²) in [6.45, 7) is 2.29. The number of fused-ring (bicyclic) bond motifs is 1. The van der Waals surface area contributed by atoms with Gasteiger partial charge in [0.1, 0.15) is 17.5 Å². The summed E-state index contributed by atoms with van der Waals surface area (Å²) < 4.78 is 28.4. The van der Waals surface area contributed by atoms with Crippen molar-refractivity contribution in [2.24, 2.45) is 0 Å². The highest BCUT2D eigenvalue weighted by molar-refractivity contribution is 5.93. The van der Waals surface area contributed by atoms with Gasteiger partial charge in [0.25, 0.3) is 0 Å². The molecule has 1 N–H and O–H groups in total. The molecule has 5 rings (SSSR count). The van der Waals surface area contributed by atoms with Gasteiger partial charge >= 0.3 is 0 Å². The highest BCUT2D eigenvalue weighted by Gasteiger charge is 2.09. The zero-order valence-electron chi connectivity index (χ0n) is 17.9. The predicted octanol–water partition coefficient (Wildman–Crippen LogP) is 6.56. The van der Waals surface area contributed by atoms with E-state index in [1.54, 1.807) is 36.8 Å².